The van der Waals surface area contributed by atoms with E-state index in [1.807, 2.05) is 28.8 Å². The number of carbonyl (C=O) groups excluding carboxylic acids is 2. The zero-order valence-corrected chi connectivity index (χ0v) is 13.3. The number of aromatic nitrogens is 2. The Balaban J connectivity index is 2.23. The summed E-state index contributed by atoms with van der Waals surface area (Å²) in [6.45, 7) is 6.10. The van der Waals surface area contributed by atoms with E-state index < -0.39 is 11.3 Å². The summed E-state index contributed by atoms with van der Waals surface area (Å²) in [5, 5.41) is 4.90. The lowest BCUT2D eigenvalue weighted by atomic mass is 10.3. The molecule has 2 N–H and O–H groups in total. The number of nitrogens with zero attached hydrogens (tertiary/aromatic N) is 2. The van der Waals surface area contributed by atoms with Crippen molar-refractivity contribution in [3.8, 4) is 0 Å². The molecule has 1 atom stereocenters. The minimum Gasteiger partial charge on any atom is -0.341 e. The van der Waals surface area contributed by atoms with E-state index in [1.54, 1.807) is 13.0 Å². The maximum absolute atomic E-state index is 12.0. The van der Waals surface area contributed by atoms with Gasteiger partial charge in [-0.05, 0) is 19.1 Å². The number of para-hydroxylation sites is 2. The van der Waals surface area contributed by atoms with E-state index in [-0.39, 0.29) is 5.91 Å². The lowest BCUT2D eigenvalue weighted by molar-refractivity contribution is -0.119. The van der Waals surface area contributed by atoms with Gasteiger partial charge in [0.2, 0.25) is 5.91 Å². The van der Waals surface area contributed by atoms with Gasteiger partial charge in [0.1, 0.15) is 0 Å². The number of imidazole rings is 1. The number of allylic oxidation sites excluding steroid dienone is 1. The van der Waals surface area contributed by atoms with Crippen LogP contribution in [0.4, 0.5) is 4.79 Å². The highest BCUT2D eigenvalue weighted by molar-refractivity contribution is 8.00. The Hall–Kier alpha value is -2.28. The Bertz CT molecular complexity index is 711. The lowest BCUT2D eigenvalue weighted by Crippen LogP contribution is -2.41. The summed E-state index contributed by atoms with van der Waals surface area (Å²) in [5.41, 5.74) is 1.86. The van der Waals surface area contributed by atoms with E-state index in [9.17, 15) is 9.59 Å². The number of fused-ring (bicyclic) bond motifs is 1. The van der Waals surface area contributed by atoms with Crippen molar-refractivity contribution >= 4 is 34.7 Å². The van der Waals surface area contributed by atoms with Gasteiger partial charge in [0.15, 0.2) is 5.16 Å². The lowest BCUT2D eigenvalue weighted by Gasteiger charge is -2.11. The van der Waals surface area contributed by atoms with E-state index >= 15 is 0 Å². The molecule has 0 spiro atoms. The number of hydrogen-bond acceptors (Lipinski definition) is 4. The molecule has 0 aliphatic rings. The fraction of sp³-hybridized carbons (Fsp3) is 0.267. The second-order valence-corrected chi connectivity index (χ2v) is 5.92. The van der Waals surface area contributed by atoms with Gasteiger partial charge in [0, 0.05) is 13.6 Å². The number of rotatable bonds is 5. The average molecular weight is 318 g/mol. The van der Waals surface area contributed by atoms with E-state index in [1.165, 1.54) is 18.8 Å². The van der Waals surface area contributed by atoms with Gasteiger partial charge in [-0.3, -0.25) is 10.1 Å². The summed E-state index contributed by atoms with van der Waals surface area (Å²) in [5.74, 6) is -0.360. The standard InChI is InChI=1S/C15H18N4O2S/c1-4-9-19-12-8-6-5-7-11(12)17-15(19)22-10(2)13(20)18-14(21)16-3/h4-8,10H,1,9H2,2-3H3,(H2,16,18,20,21). The maximum atomic E-state index is 12.0. The zero-order chi connectivity index (χ0) is 16.1. The summed E-state index contributed by atoms with van der Waals surface area (Å²) in [6.07, 6.45) is 1.79. The Morgan fingerprint density at radius 3 is 2.86 bits per heavy atom. The van der Waals surface area contributed by atoms with Gasteiger partial charge in [0.05, 0.1) is 16.3 Å². The molecule has 7 heteroatoms. The fourth-order valence-electron chi connectivity index (χ4n) is 1.94. The third kappa shape index (κ3) is 3.48. The smallest absolute Gasteiger partial charge is 0.321 e. The average Bonchev–Trinajstić information content (AvgIpc) is 2.85. The predicted molar refractivity (Wildman–Crippen MR) is 87.8 cm³/mol. The molecule has 3 amide bonds. The number of urea groups is 1. The number of thioether (sulfide) groups is 1. The first-order valence-corrected chi connectivity index (χ1v) is 7.70. The Labute approximate surface area is 133 Å². The van der Waals surface area contributed by atoms with Crippen LogP contribution in [-0.2, 0) is 11.3 Å². The molecular formula is C15H18N4O2S. The van der Waals surface area contributed by atoms with Gasteiger partial charge in [-0.15, -0.1) is 6.58 Å². The third-order valence-electron chi connectivity index (χ3n) is 3.05. The summed E-state index contributed by atoms with van der Waals surface area (Å²) in [4.78, 5) is 27.7. The van der Waals surface area contributed by atoms with Crippen molar-refractivity contribution in [1.29, 1.82) is 0 Å². The van der Waals surface area contributed by atoms with E-state index in [2.05, 4.69) is 22.2 Å². The van der Waals surface area contributed by atoms with Crippen LogP contribution in [0.25, 0.3) is 11.0 Å². The largest absolute Gasteiger partial charge is 0.341 e. The van der Waals surface area contributed by atoms with Crippen molar-refractivity contribution in [3.63, 3.8) is 0 Å². The first-order chi connectivity index (χ1) is 10.6. The Kier molecular flexibility index (Phi) is 5.21. The number of nitrogens with one attached hydrogen (secondary N) is 2. The second-order valence-electron chi connectivity index (χ2n) is 4.61. The third-order valence-corrected chi connectivity index (χ3v) is 4.14. The van der Waals surface area contributed by atoms with Gasteiger partial charge >= 0.3 is 6.03 Å². The van der Waals surface area contributed by atoms with Gasteiger partial charge in [0.25, 0.3) is 0 Å². The molecule has 0 aliphatic carbocycles. The van der Waals surface area contributed by atoms with Crippen molar-refractivity contribution in [2.45, 2.75) is 23.9 Å². The fourth-order valence-corrected chi connectivity index (χ4v) is 2.87. The molecule has 0 radical (unpaired) electrons. The Morgan fingerprint density at radius 2 is 2.18 bits per heavy atom. The predicted octanol–water partition coefficient (Wildman–Crippen LogP) is 2.16. The van der Waals surface area contributed by atoms with Gasteiger partial charge in [-0.2, -0.15) is 0 Å². The summed E-state index contributed by atoms with van der Waals surface area (Å²) in [7, 11) is 1.46. The topological polar surface area (TPSA) is 76.0 Å². The van der Waals surface area contributed by atoms with Crippen molar-refractivity contribution in [1.82, 2.24) is 20.2 Å². The van der Waals surface area contributed by atoms with Crippen molar-refractivity contribution in [3.05, 3.63) is 36.9 Å². The molecule has 0 saturated carbocycles. The highest BCUT2D eigenvalue weighted by Gasteiger charge is 2.20. The Morgan fingerprint density at radius 1 is 1.45 bits per heavy atom. The van der Waals surface area contributed by atoms with Crippen molar-refractivity contribution < 1.29 is 9.59 Å². The molecule has 1 unspecified atom stereocenters. The van der Waals surface area contributed by atoms with Crippen LogP contribution in [0.3, 0.4) is 0 Å². The van der Waals surface area contributed by atoms with Crippen LogP contribution in [0.5, 0.6) is 0 Å². The zero-order valence-electron chi connectivity index (χ0n) is 12.5. The molecule has 1 aromatic carbocycles. The first-order valence-electron chi connectivity index (χ1n) is 6.82. The van der Waals surface area contributed by atoms with E-state index in [0.717, 1.165) is 16.2 Å². The normalized spacial score (nSPS) is 11.9. The molecule has 6 nitrogen and oxygen atoms in total. The molecule has 1 aromatic heterocycles. The van der Waals surface area contributed by atoms with Crippen LogP contribution in [0.15, 0.2) is 42.1 Å². The monoisotopic (exact) mass is 318 g/mol. The minimum atomic E-state index is -0.517. The van der Waals surface area contributed by atoms with Crippen molar-refractivity contribution in [2.75, 3.05) is 7.05 Å². The maximum Gasteiger partial charge on any atom is 0.321 e. The molecule has 0 aliphatic heterocycles. The van der Waals surface area contributed by atoms with Crippen LogP contribution in [0.2, 0.25) is 0 Å². The SMILES string of the molecule is C=CCn1c(SC(C)C(=O)NC(=O)NC)nc2ccccc21. The second kappa shape index (κ2) is 7.13. The number of carbonyl (C=O) groups is 2. The summed E-state index contributed by atoms with van der Waals surface area (Å²) in [6, 6.07) is 7.25. The molecule has 0 fully saturated rings. The van der Waals surface area contributed by atoms with Crippen LogP contribution < -0.4 is 10.6 Å². The van der Waals surface area contributed by atoms with Gasteiger partial charge in [-0.25, -0.2) is 9.78 Å². The number of amides is 3. The number of hydrogen-bond donors (Lipinski definition) is 2. The highest BCUT2D eigenvalue weighted by atomic mass is 32.2. The first kappa shape index (κ1) is 16.1. The van der Waals surface area contributed by atoms with Crippen LogP contribution >= 0.6 is 11.8 Å². The molecule has 2 aromatic rings. The quantitative estimate of drug-likeness (QED) is 0.654. The van der Waals surface area contributed by atoms with Gasteiger partial charge in [-0.1, -0.05) is 30.0 Å². The number of imide groups is 1. The highest BCUT2D eigenvalue weighted by Crippen LogP contribution is 2.27. The van der Waals surface area contributed by atoms with Gasteiger partial charge < -0.3 is 9.88 Å². The molecular weight excluding hydrogens is 300 g/mol. The summed E-state index contributed by atoms with van der Waals surface area (Å²) < 4.78 is 2.00. The molecule has 0 saturated heterocycles. The molecule has 1 heterocycles. The summed E-state index contributed by atoms with van der Waals surface area (Å²) >= 11 is 1.31. The van der Waals surface area contributed by atoms with Crippen LogP contribution in [-0.4, -0.2) is 33.8 Å². The van der Waals surface area contributed by atoms with E-state index in [0.29, 0.717) is 6.54 Å². The molecule has 22 heavy (non-hydrogen) atoms. The van der Waals surface area contributed by atoms with Crippen LogP contribution in [0, 0.1) is 0 Å². The van der Waals surface area contributed by atoms with Crippen molar-refractivity contribution in [2.24, 2.45) is 0 Å². The van der Waals surface area contributed by atoms with E-state index in [4.69, 9.17) is 0 Å². The minimum absolute atomic E-state index is 0.360. The molecule has 116 valence electrons. The van der Waals surface area contributed by atoms with Crippen LogP contribution in [0.1, 0.15) is 6.92 Å². The molecule has 0 bridgehead atoms. The number of benzene rings is 1. The molecule has 2 rings (SSSR count).